The van der Waals surface area contributed by atoms with E-state index in [1.165, 1.54) is 0 Å². The maximum absolute atomic E-state index is 13.2. The summed E-state index contributed by atoms with van der Waals surface area (Å²) in [4.78, 5) is 31.0. The molecule has 0 saturated heterocycles. The first-order chi connectivity index (χ1) is 12.4. The number of Topliss-reactive ketones (excluding diaryl/α,β-unsaturated/α-hetero) is 2. The standard InChI is InChI=1S/C21H32N2O3/c1-20-7-5-14(23-26-10-9-22)11-13(20)12-17(24)19-15-3-4-18(25)21(15,2)8-6-16(19)20/h13,15-16,19H,3-12,22H2,1-2H3/b23-14+/t13-,15+,16+,19+,20+,21+/m1/s1. The normalized spacial score (nSPS) is 46.7. The van der Waals surface area contributed by atoms with Gasteiger partial charge in [-0.25, -0.2) is 0 Å². The molecule has 0 amide bonds. The molecular weight excluding hydrogens is 328 g/mol. The Kier molecular flexibility index (Phi) is 4.49. The van der Waals surface area contributed by atoms with E-state index in [9.17, 15) is 9.59 Å². The zero-order valence-electron chi connectivity index (χ0n) is 16.1. The van der Waals surface area contributed by atoms with E-state index in [4.69, 9.17) is 10.6 Å². The molecule has 4 aliphatic rings. The van der Waals surface area contributed by atoms with Crippen molar-refractivity contribution in [2.45, 2.75) is 65.2 Å². The van der Waals surface area contributed by atoms with Crippen molar-refractivity contribution in [2.75, 3.05) is 13.2 Å². The van der Waals surface area contributed by atoms with Crippen molar-refractivity contribution in [3.63, 3.8) is 0 Å². The Balaban J connectivity index is 1.57. The molecule has 6 atom stereocenters. The molecule has 4 fully saturated rings. The lowest BCUT2D eigenvalue weighted by molar-refractivity contribution is -0.154. The third kappa shape index (κ3) is 2.57. The van der Waals surface area contributed by atoms with Crippen LogP contribution in [0.5, 0.6) is 0 Å². The first kappa shape index (κ1) is 18.1. The summed E-state index contributed by atoms with van der Waals surface area (Å²) in [5, 5.41) is 4.28. The van der Waals surface area contributed by atoms with Gasteiger partial charge in [0.2, 0.25) is 0 Å². The van der Waals surface area contributed by atoms with Crippen LogP contribution in [0, 0.1) is 34.5 Å². The summed E-state index contributed by atoms with van der Waals surface area (Å²) in [6.07, 6.45) is 7.14. The molecule has 0 spiro atoms. The lowest BCUT2D eigenvalue weighted by atomic mass is 9.45. The number of fused-ring (bicyclic) bond motifs is 5. The molecule has 0 aromatic heterocycles. The summed E-state index contributed by atoms with van der Waals surface area (Å²) in [6, 6.07) is 0. The lowest BCUT2D eigenvalue weighted by Crippen LogP contribution is -2.57. The smallest absolute Gasteiger partial charge is 0.139 e. The summed E-state index contributed by atoms with van der Waals surface area (Å²) in [6.45, 7) is 5.45. The summed E-state index contributed by atoms with van der Waals surface area (Å²) >= 11 is 0. The van der Waals surface area contributed by atoms with Gasteiger partial charge in [-0.2, -0.15) is 0 Å². The Bertz CT molecular complexity index is 645. The summed E-state index contributed by atoms with van der Waals surface area (Å²) in [5.74, 6) is 2.00. The van der Waals surface area contributed by atoms with Crippen LogP contribution in [0.2, 0.25) is 0 Å². The number of oxime groups is 1. The molecule has 26 heavy (non-hydrogen) atoms. The maximum Gasteiger partial charge on any atom is 0.139 e. The van der Waals surface area contributed by atoms with Crippen LogP contribution in [0.15, 0.2) is 5.16 Å². The van der Waals surface area contributed by atoms with Gasteiger partial charge >= 0.3 is 0 Å². The summed E-state index contributed by atoms with van der Waals surface area (Å²) < 4.78 is 0. The van der Waals surface area contributed by atoms with Gasteiger partial charge in [-0.15, -0.1) is 0 Å². The Morgan fingerprint density at radius 1 is 1.12 bits per heavy atom. The third-order valence-corrected chi connectivity index (χ3v) is 8.42. The second kappa shape index (κ2) is 6.43. The molecule has 5 heteroatoms. The van der Waals surface area contributed by atoms with E-state index in [2.05, 4.69) is 19.0 Å². The Hall–Kier alpha value is -1.23. The Morgan fingerprint density at radius 2 is 1.92 bits per heavy atom. The minimum absolute atomic E-state index is 0.105. The number of hydrogen-bond donors (Lipinski definition) is 1. The van der Waals surface area contributed by atoms with E-state index in [0.29, 0.717) is 49.4 Å². The van der Waals surface area contributed by atoms with E-state index < -0.39 is 0 Å². The van der Waals surface area contributed by atoms with E-state index in [0.717, 1.165) is 44.2 Å². The number of ketones is 2. The molecule has 5 nitrogen and oxygen atoms in total. The van der Waals surface area contributed by atoms with Crippen LogP contribution in [0.25, 0.3) is 0 Å². The SMILES string of the molecule is C[C@]12CC/C(=N\OCCN)C[C@@H]1CC(=O)[C@@H]1[C@@H]2CC[C@]2(C)C(=O)CC[C@@H]12. The fraction of sp³-hybridized carbons (Fsp3) is 0.857. The van der Waals surface area contributed by atoms with Gasteiger partial charge in [0.15, 0.2) is 0 Å². The number of rotatable bonds is 3. The highest BCUT2D eigenvalue weighted by Crippen LogP contribution is 2.64. The molecule has 0 unspecified atom stereocenters. The Labute approximate surface area is 156 Å². The molecule has 0 aromatic rings. The lowest BCUT2D eigenvalue weighted by Gasteiger charge is -2.58. The van der Waals surface area contributed by atoms with Gasteiger partial charge in [-0.1, -0.05) is 19.0 Å². The quantitative estimate of drug-likeness (QED) is 0.619. The maximum atomic E-state index is 13.2. The van der Waals surface area contributed by atoms with E-state index >= 15 is 0 Å². The molecule has 4 saturated carbocycles. The van der Waals surface area contributed by atoms with Crippen molar-refractivity contribution in [3.05, 3.63) is 0 Å². The van der Waals surface area contributed by atoms with Gasteiger partial charge in [-0.3, -0.25) is 9.59 Å². The van der Waals surface area contributed by atoms with Crippen molar-refractivity contribution < 1.29 is 14.4 Å². The van der Waals surface area contributed by atoms with Gasteiger partial charge < -0.3 is 10.6 Å². The van der Waals surface area contributed by atoms with E-state index in [1.807, 2.05) is 0 Å². The van der Waals surface area contributed by atoms with Gasteiger partial charge in [0.05, 0.1) is 5.71 Å². The molecule has 0 radical (unpaired) electrons. The minimum atomic E-state index is -0.239. The molecule has 0 aromatic carbocycles. The summed E-state index contributed by atoms with van der Waals surface area (Å²) in [7, 11) is 0. The van der Waals surface area contributed by atoms with Crippen molar-refractivity contribution in [1.29, 1.82) is 0 Å². The van der Waals surface area contributed by atoms with Crippen molar-refractivity contribution in [2.24, 2.45) is 45.4 Å². The highest BCUT2D eigenvalue weighted by atomic mass is 16.6. The molecule has 0 heterocycles. The monoisotopic (exact) mass is 360 g/mol. The van der Waals surface area contributed by atoms with Crippen LogP contribution >= 0.6 is 0 Å². The van der Waals surface area contributed by atoms with E-state index in [-0.39, 0.29) is 22.7 Å². The molecule has 4 rings (SSSR count). The highest BCUT2D eigenvalue weighted by molar-refractivity contribution is 5.91. The minimum Gasteiger partial charge on any atom is -0.395 e. The second-order valence-corrected chi connectivity index (χ2v) is 9.51. The second-order valence-electron chi connectivity index (χ2n) is 9.51. The van der Waals surface area contributed by atoms with Crippen molar-refractivity contribution >= 4 is 17.3 Å². The molecule has 2 N–H and O–H groups in total. The molecule has 0 aliphatic heterocycles. The fourth-order valence-corrected chi connectivity index (χ4v) is 6.78. The van der Waals surface area contributed by atoms with Gasteiger partial charge in [-0.05, 0) is 61.7 Å². The van der Waals surface area contributed by atoms with Gasteiger partial charge in [0, 0.05) is 30.7 Å². The molecule has 0 bridgehead atoms. The first-order valence-corrected chi connectivity index (χ1v) is 10.3. The number of nitrogens with two attached hydrogens (primary N) is 1. The van der Waals surface area contributed by atoms with E-state index in [1.54, 1.807) is 0 Å². The van der Waals surface area contributed by atoms with Crippen LogP contribution in [0.1, 0.15) is 65.2 Å². The van der Waals surface area contributed by atoms with Gasteiger partial charge in [0.25, 0.3) is 0 Å². The van der Waals surface area contributed by atoms with Crippen molar-refractivity contribution in [3.8, 4) is 0 Å². The van der Waals surface area contributed by atoms with Crippen LogP contribution in [-0.4, -0.2) is 30.4 Å². The number of nitrogens with zero attached hydrogens (tertiary/aromatic N) is 1. The van der Waals surface area contributed by atoms with Crippen molar-refractivity contribution in [1.82, 2.24) is 0 Å². The number of carbonyl (C=O) groups is 2. The van der Waals surface area contributed by atoms with Crippen LogP contribution in [-0.2, 0) is 14.4 Å². The van der Waals surface area contributed by atoms with Crippen LogP contribution in [0.4, 0.5) is 0 Å². The largest absolute Gasteiger partial charge is 0.395 e. The first-order valence-electron chi connectivity index (χ1n) is 10.3. The average molecular weight is 360 g/mol. The zero-order valence-corrected chi connectivity index (χ0v) is 16.1. The highest BCUT2D eigenvalue weighted by Gasteiger charge is 2.62. The predicted molar refractivity (Wildman–Crippen MR) is 99.6 cm³/mol. The fourth-order valence-electron chi connectivity index (χ4n) is 6.78. The topological polar surface area (TPSA) is 81.8 Å². The third-order valence-electron chi connectivity index (χ3n) is 8.42. The zero-order chi connectivity index (χ0) is 18.5. The summed E-state index contributed by atoms with van der Waals surface area (Å²) in [5.41, 5.74) is 6.50. The molecular formula is C21H32N2O3. The average Bonchev–Trinajstić information content (AvgIpc) is 2.92. The number of hydrogen-bond acceptors (Lipinski definition) is 5. The van der Waals surface area contributed by atoms with Crippen LogP contribution < -0.4 is 5.73 Å². The molecule has 4 aliphatic carbocycles. The molecule has 144 valence electrons. The number of carbonyl (C=O) groups excluding carboxylic acids is 2. The van der Waals surface area contributed by atoms with Gasteiger partial charge in [0.1, 0.15) is 18.2 Å². The predicted octanol–water partition coefficient (Wildman–Crippen LogP) is 3.11. The Morgan fingerprint density at radius 3 is 2.69 bits per heavy atom. The van der Waals surface area contributed by atoms with Crippen LogP contribution in [0.3, 0.4) is 0 Å².